The minimum absolute atomic E-state index is 0.663. The van der Waals surface area contributed by atoms with E-state index in [1.54, 1.807) is 20.4 Å². The molecule has 0 fully saturated rings. The van der Waals surface area contributed by atoms with Crippen LogP contribution in [0, 0.1) is 0 Å². The summed E-state index contributed by atoms with van der Waals surface area (Å²) in [6.45, 7) is 0. The lowest BCUT2D eigenvalue weighted by molar-refractivity contribution is 0.358. The lowest BCUT2D eigenvalue weighted by atomic mass is 10.2. The highest BCUT2D eigenvalue weighted by atomic mass is 16.5. The van der Waals surface area contributed by atoms with Gasteiger partial charge in [0.25, 0.3) is 0 Å². The minimum Gasteiger partial charge on any atom is -0.493 e. The first-order valence-electron chi connectivity index (χ1n) is 4.25. The first kappa shape index (κ1) is 8.74. The molecule has 0 aliphatic heterocycles. The molecule has 2 aromatic rings. The molecule has 1 aromatic carbocycles. The summed E-state index contributed by atoms with van der Waals surface area (Å²) in [4.78, 5) is 3.05. The maximum absolute atomic E-state index is 5.81. The van der Waals surface area contributed by atoms with Crippen LogP contribution in [0.5, 0.6) is 11.5 Å². The topological polar surface area (TPSA) is 60.3 Å². The Morgan fingerprint density at radius 2 is 2.00 bits per heavy atom. The van der Waals surface area contributed by atoms with Gasteiger partial charge >= 0.3 is 0 Å². The Kier molecular flexibility index (Phi) is 1.96. The van der Waals surface area contributed by atoms with Gasteiger partial charge in [-0.3, -0.25) is 0 Å². The molecule has 1 heterocycles. The molecule has 0 aliphatic carbocycles. The molecule has 0 saturated heterocycles. The van der Waals surface area contributed by atoms with Gasteiger partial charge in [0.15, 0.2) is 11.5 Å². The van der Waals surface area contributed by atoms with Crippen LogP contribution >= 0.6 is 0 Å². The van der Waals surface area contributed by atoms with E-state index in [1.165, 1.54) is 0 Å². The van der Waals surface area contributed by atoms with E-state index in [9.17, 15) is 0 Å². The van der Waals surface area contributed by atoms with Crippen LogP contribution in [0.3, 0.4) is 0 Å². The number of benzene rings is 1. The fraction of sp³-hybridized carbons (Fsp3) is 0.200. The van der Waals surface area contributed by atoms with Crippen molar-refractivity contribution in [3.63, 3.8) is 0 Å². The third-order valence-electron chi connectivity index (χ3n) is 2.22. The first-order valence-corrected chi connectivity index (χ1v) is 4.25. The fourth-order valence-electron chi connectivity index (χ4n) is 1.56. The van der Waals surface area contributed by atoms with Crippen LogP contribution in [0.4, 0.5) is 5.69 Å². The zero-order chi connectivity index (χ0) is 10.1. The smallest absolute Gasteiger partial charge is 0.172 e. The number of anilines is 1. The Labute approximate surface area is 81.6 Å². The van der Waals surface area contributed by atoms with Gasteiger partial charge in [0.1, 0.15) is 0 Å². The number of nitrogen functional groups attached to an aromatic ring is 1. The third-order valence-corrected chi connectivity index (χ3v) is 2.22. The van der Waals surface area contributed by atoms with Gasteiger partial charge in [-0.1, -0.05) is 0 Å². The van der Waals surface area contributed by atoms with Crippen LogP contribution in [0.2, 0.25) is 0 Å². The molecule has 4 nitrogen and oxygen atoms in total. The SMILES string of the molecule is COc1ccc2[nH]cc(N)c2c1OC. The van der Waals surface area contributed by atoms with Crippen LogP contribution in [-0.4, -0.2) is 19.2 Å². The van der Waals surface area contributed by atoms with Crippen molar-refractivity contribution in [1.29, 1.82) is 0 Å². The van der Waals surface area contributed by atoms with E-state index >= 15 is 0 Å². The molecule has 14 heavy (non-hydrogen) atoms. The zero-order valence-corrected chi connectivity index (χ0v) is 8.13. The molecule has 0 saturated carbocycles. The average molecular weight is 192 g/mol. The molecule has 0 aliphatic rings. The summed E-state index contributed by atoms with van der Waals surface area (Å²) in [5, 5.41) is 0.867. The van der Waals surface area contributed by atoms with E-state index in [0.29, 0.717) is 17.2 Å². The third kappa shape index (κ3) is 1.08. The van der Waals surface area contributed by atoms with Gasteiger partial charge in [-0.05, 0) is 12.1 Å². The molecule has 2 rings (SSSR count). The summed E-state index contributed by atoms with van der Waals surface area (Å²) in [5.74, 6) is 1.36. The molecule has 0 spiro atoms. The summed E-state index contributed by atoms with van der Waals surface area (Å²) >= 11 is 0. The highest BCUT2D eigenvalue weighted by Gasteiger charge is 2.11. The van der Waals surface area contributed by atoms with Crippen molar-refractivity contribution < 1.29 is 9.47 Å². The molecule has 4 heteroatoms. The van der Waals surface area contributed by atoms with E-state index < -0.39 is 0 Å². The summed E-state index contributed by atoms with van der Waals surface area (Å²) in [7, 11) is 3.20. The van der Waals surface area contributed by atoms with Crippen LogP contribution in [0.25, 0.3) is 10.9 Å². The number of ether oxygens (including phenoxy) is 2. The van der Waals surface area contributed by atoms with Crippen molar-refractivity contribution in [3.8, 4) is 11.5 Å². The minimum atomic E-state index is 0.663. The number of rotatable bonds is 2. The summed E-state index contributed by atoms with van der Waals surface area (Å²) in [5.41, 5.74) is 7.42. The van der Waals surface area contributed by atoms with E-state index in [-0.39, 0.29) is 0 Å². The highest BCUT2D eigenvalue weighted by molar-refractivity contribution is 5.98. The number of aromatic nitrogens is 1. The molecule has 3 N–H and O–H groups in total. The standard InChI is InChI=1S/C10H12N2O2/c1-13-8-4-3-7-9(10(8)14-2)6(11)5-12-7/h3-5,12H,11H2,1-2H3. The molecule has 0 radical (unpaired) electrons. The van der Waals surface area contributed by atoms with Gasteiger partial charge in [-0.25, -0.2) is 0 Å². The second-order valence-electron chi connectivity index (χ2n) is 2.97. The van der Waals surface area contributed by atoms with Gasteiger partial charge in [-0.15, -0.1) is 0 Å². The van der Waals surface area contributed by atoms with Gasteiger partial charge in [0.2, 0.25) is 0 Å². The molecule has 0 amide bonds. The van der Waals surface area contributed by atoms with Crippen LogP contribution < -0.4 is 15.2 Å². The Hall–Kier alpha value is -1.84. The zero-order valence-electron chi connectivity index (χ0n) is 8.13. The quantitative estimate of drug-likeness (QED) is 0.762. The first-order chi connectivity index (χ1) is 6.77. The number of nitrogens with two attached hydrogens (primary N) is 1. The Bertz CT molecular complexity index is 462. The molecule has 0 bridgehead atoms. The normalized spacial score (nSPS) is 10.4. The molecular formula is C10H12N2O2. The van der Waals surface area contributed by atoms with Gasteiger partial charge in [0, 0.05) is 6.20 Å². The molecule has 1 aromatic heterocycles. The van der Waals surface area contributed by atoms with E-state index in [0.717, 1.165) is 10.9 Å². The monoisotopic (exact) mass is 192 g/mol. The molecule has 74 valence electrons. The average Bonchev–Trinajstić information content (AvgIpc) is 2.59. The van der Waals surface area contributed by atoms with Gasteiger partial charge < -0.3 is 20.2 Å². The second-order valence-corrected chi connectivity index (χ2v) is 2.97. The molecule has 0 unspecified atom stereocenters. The number of methoxy groups -OCH3 is 2. The number of H-pyrrole nitrogens is 1. The van der Waals surface area contributed by atoms with Crippen molar-refractivity contribution in [2.24, 2.45) is 0 Å². The Morgan fingerprint density at radius 3 is 2.64 bits per heavy atom. The summed E-state index contributed by atoms with van der Waals surface area (Å²) in [6, 6.07) is 3.75. The molecular weight excluding hydrogens is 180 g/mol. The predicted molar refractivity (Wildman–Crippen MR) is 55.8 cm³/mol. The number of aromatic amines is 1. The number of hydrogen-bond acceptors (Lipinski definition) is 3. The molecule has 0 atom stereocenters. The predicted octanol–water partition coefficient (Wildman–Crippen LogP) is 1.77. The fourth-order valence-corrected chi connectivity index (χ4v) is 1.56. The number of fused-ring (bicyclic) bond motifs is 1. The van der Waals surface area contributed by atoms with Crippen molar-refractivity contribution in [1.82, 2.24) is 4.98 Å². The van der Waals surface area contributed by atoms with E-state index in [2.05, 4.69) is 4.98 Å². The van der Waals surface area contributed by atoms with Crippen LogP contribution in [-0.2, 0) is 0 Å². The van der Waals surface area contributed by atoms with Crippen molar-refractivity contribution in [3.05, 3.63) is 18.3 Å². The van der Waals surface area contributed by atoms with Crippen LogP contribution in [0.15, 0.2) is 18.3 Å². The largest absolute Gasteiger partial charge is 0.493 e. The summed E-state index contributed by atoms with van der Waals surface area (Å²) in [6.07, 6.45) is 1.74. The lowest BCUT2D eigenvalue weighted by Crippen LogP contribution is -1.92. The number of nitrogens with one attached hydrogen (secondary N) is 1. The maximum Gasteiger partial charge on any atom is 0.172 e. The lowest BCUT2D eigenvalue weighted by Gasteiger charge is -2.08. The second kappa shape index (κ2) is 3.14. The maximum atomic E-state index is 5.81. The van der Waals surface area contributed by atoms with Crippen molar-refractivity contribution >= 4 is 16.6 Å². The van der Waals surface area contributed by atoms with Crippen LogP contribution in [0.1, 0.15) is 0 Å². The van der Waals surface area contributed by atoms with Crippen molar-refractivity contribution in [2.75, 3.05) is 20.0 Å². The van der Waals surface area contributed by atoms with E-state index in [4.69, 9.17) is 15.2 Å². The summed E-state index contributed by atoms with van der Waals surface area (Å²) < 4.78 is 10.4. The van der Waals surface area contributed by atoms with E-state index in [1.807, 2.05) is 12.1 Å². The highest BCUT2D eigenvalue weighted by Crippen LogP contribution is 2.38. The van der Waals surface area contributed by atoms with Gasteiger partial charge in [0.05, 0.1) is 30.8 Å². The van der Waals surface area contributed by atoms with Gasteiger partial charge in [-0.2, -0.15) is 0 Å². The number of hydrogen-bond donors (Lipinski definition) is 2. The van der Waals surface area contributed by atoms with Crippen molar-refractivity contribution in [2.45, 2.75) is 0 Å². The Balaban J connectivity index is 2.81. The Morgan fingerprint density at radius 1 is 1.21 bits per heavy atom.